The first-order valence-corrected chi connectivity index (χ1v) is 16.6. The maximum atomic E-state index is 13.3. The summed E-state index contributed by atoms with van der Waals surface area (Å²) >= 11 is 3.91. The van der Waals surface area contributed by atoms with Crippen LogP contribution in [0.1, 0.15) is 43.7 Å². The van der Waals surface area contributed by atoms with Crippen molar-refractivity contribution in [2.45, 2.75) is 72.6 Å². The summed E-state index contributed by atoms with van der Waals surface area (Å²) in [7, 11) is -3.28. The Kier molecular flexibility index (Phi) is 7.53. The smallest absolute Gasteiger partial charge is 0.153 e. The number of hydrogen-bond donors (Lipinski definition) is 2. The van der Waals surface area contributed by atoms with E-state index < -0.39 is 15.1 Å². The van der Waals surface area contributed by atoms with Crippen LogP contribution in [-0.2, 0) is 19.3 Å². The highest BCUT2D eigenvalue weighted by atomic mass is 79.9. The second-order valence-electron chi connectivity index (χ2n) is 11.6. The third kappa shape index (κ3) is 5.06. The van der Waals surface area contributed by atoms with E-state index in [1.54, 1.807) is 0 Å². The van der Waals surface area contributed by atoms with Crippen LogP contribution in [0.2, 0.25) is 0 Å². The molecule has 2 N–H and O–H groups in total. The Morgan fingerprint density at radius 3 is 2.56 bits per heavy atom. The van der Waals surface area contributed by atoms with Crippen molar-refractivity contribution in [1.82, 2.24) is 15.5 Å². The molecule has 5 aliphatic rings. The van der Waals surface area contributed by atoms with E-state index >= 15 is 0 Å². The van der Waals surface area contributed by atoms with Crippen LogP contribution in [0.5, 0.6) is 0 Å². The predicted octanol–water partition coefficient (Wildman–Crippen LogP) is 2.72. The number of piperidine rings is 2. The van der Waals surface area contributed by atoms with Gasteiger partial charge < -0.3 is 14.8 Å². The molecule has 1 aromatic rings. The van der Waals surface area contributed by atoms with E-state index in [1.165, 1.54) is 24.7 Å². The fourth-order valence-electron chi connectivity index (χ4n) is 7.38. The van der Waals surface area contributed by atoms with E-state index in [0.717, 1.165) is 45.6 Å². The number of fused-ring (bicyclic) bond motifs is 3. The van der Waals surface area contributed by atoms with Gasteiger partial charge in [-0.3, -0.25) is 10.2 Å². The molecule has 8 atom stereocenters. The number of sulfone groups is 1. The van der Waals surface area contributed by atoms with Crippen molar-refractivity contribution in [3.05, 3.63) is 35.9 Å². The van der Waals surface area contributed by atoms with Crippen molar-refractivity contribution < 1.29 is 17.9 Å². The molecule has 4 aliphatic heterocycles. The summed E-state index contributed by atoms with van der Waals surface area (Å²) in [4.78, 5) is 3.02. The van der Waals surface area contributed by atoms with Crippen molar-refractivity contribution in [3.8, 4) is 0 Å². The van der Waals surface area contributed by atoms with Gasteiger partial charge in [-0.1, -0.05) is 46.3 Å². The van der Waals surface area contributed by atoms with Crippen LogP contribution in [-0.4, -0.2) is 86.9 Å². The molecular formula is C27H40BrN3O4S. The number of ether oxygens (including phenoxy) is 2. The summed E-state index contributed by atoms with van der Waals surface area (Å²) in [6.07, 6.45) is 6.79. The molecule has 5 fully saturated rings. The highest BCUT2D eigenvalue weighted by molar-refractivity contribution is 9.09. The summed E-state index contributed by atoms with van der Waals surface area (Å²) in [6, 6.07) is 11.3. The van der Waals surface area contributed by atoms with Gasteiger partial charge in [0.1, 0.15) is 6.23 Å². The molecule has 7 unspecified atom stereocenters. The van der Waals surface area contributed by atoms with Crippen LogP contribution in [0.25, 0.3) is 0 Å². The molecule has 0 aromatic heterocycles. The SMILES string of the molecule is CS(=O)(=O)C1CNC(OCC2CC2)C2C3NCC(Br)CC3N([C@H](c3ccccc3)C3CCOCC3)C21. The second-order valence-corrected chi connectivity index (χ2v) is 15.2. The van der Waals surface area contributed by atoms with E-state index in [0.29, 0.717) is 23.2 Å². The van der Waals surface area contributed by atoms with Gasteiger partial charge in [0.25, 0.3) is 0 Å². The largest absolute Gasteiger partial charge is 0.381 e. The van der Waals surface area contributed by atoms with E-state index in [-0.39, 0.29) is 36.3 Å². The minimum Gasteiger partial charge on any atom is -0.381 e. The molecule has 9 heteroatoms. The first-order valence-electron chi connectivity index (χ1n) is 13.7. The topological polar surface area (TPSA) is 79.9 Å². The van der Waals surface area contributed by atoms with Crippen molar-refractivity contribution in [2.75, 3.05) is 39.2 Å². The maximum absolute atomic E-state index is 13.3. The monoisotopic (exact) mass is 581 g/mol. The zero-order chi connectivity index (χ0) is 24.9. The van der Waals surface area contributed by atoms with E-state index in [9.17, 15) is 8.42 Å². The first-order chi connectivity index (χ1) is 17.4. The zero-order valence-corrected chi connectivity index (χ0v) is 23.5. The molecule has 4 saturated heterocycles. The van der Waals surface area contributed by atoms with Crippen LogP contribution in [0.3, 0.4) is 0 Å². The lowest BCUT2D eigenvalue weighted by atomic mass is 9.83. The van der Waals surface area contributed by atoms with Gasteiger partial charge in [0, 0.05) is 67.5 Å². The summed E-state index contributed by atoms with van der Waals surface area (Å²) in [5.41, 5.74) is 1.29. The van der Waals surface area contributed by atoms with Crippen LogP contribution in [0.15, 0.2) is 30.3 Å². The Morgan fingerprint density at radius 2 is 1.86 bits per heavy atom. The highest BCUT2D eigenvalue weighted by Crippen LogP contribution is 2.50. The molecule has 4 heterocycles. The van der Waals surface area contributed by atoms with Crippen LogP contribution in [0, 0.1) is 17.8 Å². The molecule has 1 saturated carbocycles. The number of nitrogens with zero attached hydrogens (tertiary/aromatic N) is 1. The molecule has 1 aliphatic carbocycles. The van der Waals surface area contributed by atoms with Crippen LogP contribution >= 0.6 is 15.9 Å². The van der Waals surface area contributed by atoms with Gasteiger partial charge in [0.15, 0.2) is 9.84 Å². The number of halogens is 1. The van der Waals surface area contributed by atoms with E-state index in [1.807, 2.05) is 0 Å². The number of rotatable bonds is 7. The lowest BCUT2D eigenvalue weighted by molar-refractivity contribution is -0.0565. The van der Waals surface area contributed by atoms with Gasteiger partial charge >= 0.3 is 0 Å². The third-order valence-electron chi connectivity index (χ3n) is 9.21. The number of nitrogens with one attached hydrogen (secondary N) is 2. The standard InChI is InChI=1S/C27H40BrN3O4S/c1-36(32,33)22-15-30-27(35-16-17-7-8-17)23-24-21(13-20(28)14-29-24)31(26(22)23)25(18-5-3-2-4-6-18)19-9-11-34-12-10-19/h2-6,17,19-27,29-30H,7-16H2,1H3/t20?,21?,22?,23?,24?,25-,26?,27?/m1/s1. The van der Waals surface area contributed by atoms with Crippen molar-refractivity contribution >= 4 is 25.8 Å². The molecule has 7 nitrogen and oxygen atoms in total. The van der Waals surface area contributed by atoms with E-state index in [4.69, 9.17) is 9.47 Å². The summed E-state index contributed by atoms with van der Waals surface area (Å²) in [6.45, 7) is 3.65. The van der Waals surface area contributed by atoms with Gasteiger partial charge in [0.05, 0.1) is 11.9 Å². The Balaban J connectivity index is 1.44. The van der Waals surface area contributed by atoms with Crippen molar-refractivity contribution in [3.63, 3.8) is 0 Å². The average molecular weight is 583 g/mol. The van der Waals surface area contributed by atoms with Gasteiger partial charge in [-0.2, -0.15) is 0 Å². The molecule has 0 amide bonds. The lowest BCUT2D eigenvalue weighted by Crippen LogP contribution is -2.64. The average Bonchev–Trinajstić information content (AvgIpc) is 3.65. The van der Waals surface area contributed by atoms with Gasteiger partial charge in [0.2, 0.25) is 0 Å². The molecule has 200 valence electrons. The number of alkyl halides is 1. The number of hydrogen-bond acceptors (Lipinski definition) is 7. The Hall–Kier alpha value is -0.550. The van der Waals surface area contributed by atoms with Crippen LogP contribution < -0.4 is 10.6 Å². The van der Waals surface area contributed by atoms with Gasteiger partial charge in [-0.05, 0) is 49.5 Å². The summed E-state index contributed by atoms with van der Waals surface area (Å²) in [5, 5.41) is 6.94. The Labute approximate surface area is 224 Å². The second kappa shape index (κ2) is 10.5. The Morgan fingerprint density at radius 1 is 1.11 bits per heavy atom. The molecule has 0 bridgehead atoms. The van der Waals surface area contributed by atoms with Crippen LogP contribution in [0.4, 0.5) is 0 Å². The van der Waals surface area contributed by atoms with Crippen molar-refractivity contribution in [1.29, 1.82) is 0 Å². The fourth-order valence-corrected chi connectivity index (χ4v) is 9.18. The maximum Gasteiger partial charge on any atom is 0.153 e. The fraction of sp³-hybridized carbons (Fsp3) is 0.778. The highest BCUT2D eigenvalue weighted by Gasteiger charge is 2.61. The number of benzene rings is 1. The van der Waals surface area contributed by atoms with Gasteiger partial charge in [-0.15, -0.1) is 0 Å². The molecule has 1 aromatic carbocycles. The lowest BCUT2D eigenvalue weighted by Gasteiger charge is -2.48. The zero-order valence-electron chi connectivity index (χ0n) is 21.1. The normalized spacial score (nSPS) is 38.9. The summed E-state index contributed by atoms with van der Waals surface area (Å²) in [5.74, 6) is 1.17. The molecule has 36 heavy (non-hydrogen) atoms. The molecule has 0 radical (unpaired) electrons. The van der Waals surface area contributed by atoms with Crippen molar-refractivity contribution in [2.24, 2.45) is 17.8 Å². The predicted molar refractivity (Wildman–Crippen MR) is 144 cm³/mol. The molecule has 6 rings (SSSR count). The quantitative estimate of drug-likeness (QED) is 0.479. The van der Waals surface area contributed by atoms with E-state index in [2.05, 4.69) is 61.8 Å². The minimum atomic E-state index is -3.28. The van der Waals surface area contributed by atoms with Gasteiger partial charge in [-0.25, -0.2) is 8.42 Å². The first kappa shape index (κ1) is 25.7. The summed E-state index contributed by atoms with van der Waals surface area (Å²) < 4.78 is 38.9. The third-order valence-corrected chi connectivity index (χ3v) is 11.4. The number of likely N-dealkylation sites (tertiary alicyclic amines) is 1. The molecule has 0 spiro atoms. The Bertz CT molecular complexity index is 1000. The molecular weight excluding hydrogens is 542 g/mol. The minimum absolute atomic E-state index is 0.0771.